The Labute approximate surface area is 58.6 Å². The standard InChI is InChI=1S/C4H6N3OS/c1-6(4-9)7-5-2-3-8-7/h2-3,5H,1H3. The summed E-state index contributed by atoms with van der Waals surface area (Å²) in [5.41, 5.74) is 5.16. The molecule has 0 amide bonds. The maximum Gasteiger partial charge on any atom is 0.156 e. The lowest BCUT2D eigenvalue weighted by Crippen LogP contribution is -2.41. The van der Waals surface area contributed by atoms with Crippen LogP contribution >= 0.6 is 12.2 Å². The molecule has 1 heterocycles. The Balaban J connectivity index is 2.35. The molecule has 0 atom stereocenters. The third-order valence-electron chi connectivity index (χ3n) is 0.818. The van der Waals surface area contributed by atoms with E-state index in [9.17, 15) is 0 Å². The molecule has 0 fully saturated rings. The maximum absolute atomic E-state index is 4.84. The van der Waals surface area contributed by atoms with Crippen molar-refractivity contribution < 1.29 is 4.84 Å². The van der Waals surface area contributed by atoms with Crippen LogP contribution in [0, 0.1) is 0 Å². The zero-order chi connectivity index (χ0) is 6.69. The molecule has 5 heteroatoms. The summed E-state index contributed by atoms with van der Waals surface area (Å²) in [4.78, 5) is 4.84. The van der Waals surface area contributed by atoms with E-state index in [0.717, 1.165) is 0 Å². The molecule has 4 nitrogen and oxygen atoms in total. The third-order valence-corrected chi connectivity index (χ3v) is 1.08. The van der Waals surface area contributed by atoms with Gasteiger partial charge in [0.25, 0.3) is 0 Å². The van der Waals surface area contributed by atoms with Gasteiger partial charge in [0.15, 0.2) is 5.49 Å². The second-order valence-corrected chi connectivity index (χ2v) is 1.61. The fraction of sp³-hybridized carbons (Fsp3) is 0.250. The molecule has 1 aliphatic heterocycles. The molecule has 0 saturated heterocycles. The number of nitrogens with one attached hydrogen (secondary N) is 1. The highest BCUT2D eigenvalue weighted by molar-refractivity contribution is 7.78. The van der Waals surface area contributed by atoms with Gasteiger partial charge >= 0.3 is 0 Å². The highest BCUT2D eigenvalue weighted by atomic mass is 32.1. The average Bonchev–Trinajstić information content (AvgIpc) is 2.37. The van der Waals surface area contributed by atoms with E-state index in [4.69, 9.17) is 4.84 Å². The van der Waals surface area contributed by atoms with Crippen molar-refractivity contribution in [1.29, 1.82) is 0 Å². The Morgan fingerprint density at radius 1 is 1.89 bits per heavy atom. The second-order valence-electron chi connectivity index (χ2n) is 1.43. The quantitative estimate of drug-likeness (QED) is 0.431. The van der Waals surface area contributed by atoms with Gasteiger partial charge in [-0.3, -0.25) is 5.43 Å². The van der Waals surface area contributed by atoms with E-state index in [1.54, 1.807) is 13.2 Å². The van der Waals surface area contributed by atoms with Gasteiger partial charge in [0.05, 0.1) is 6.20 Å². The van der Waals surface area contributed by atoms with E-state index in [1.165, 1.54) is 16.6 Å². The summed E-state index contributed by atoms with van der Waals surface area (Å²) in [7, 11) is 1.72. The van der Waals surface area contributed by atoms with Crippen molar-refractivity contribution in [3.8, 4) is 0 Å². The molecule has 49 valence electrons. The monoisotopic (exact) mass is 144 g/mol. The highest BCUT2D eigenvalue weighted by Gasteiger charge is 2.09. The number of nitrogens with zero attached hydrogens (tertiary/aromatic N) is 2. The van der Waals surface area contributed by atoms with Crippen LogP contribution in [0.1, 0.15) is 0 Å². The molecule has 1 radical (unpaired) electrons. The summed E-state index contributed by atoms with van der Waals surface area (Å²) < 4.78 is 0. The van der Waals surface area contributed by atoms with Gasteiger partial charge in [-0.1, -0.05) is 12.2 Å². The van der Waals surface area contributed by atoms with Gasteiger partial charge in [0.1, 0.15) is 6.26 Å². The molecule has 1 rings (SSSR count). The Morgan fingerprint density at radius 2 is 2.67 bits per heavy atom. The summed E-state index contributed by atoms with van der Waals surface area (Å²) in [5, 5.41) is 2.81. The van der Waals surface area contributed by atoms with Crippen LogP contribution in [0.4, 0.5) is 0 Å². The molecule has 1 N–H and O–H groups in total. The topological polar surface area (TPSA) is 27.7 Å². The van der Waals surface area contributed by atoms with E-state index in [2.05, 4.69) is 23.1 Å². The van der Waals surface area contributed by atoms with Crippen LogP contribution in [0.15, 0.2) is 12.5 Å². The predicted molar refractivity (Wildman–Crippen MR) is 35.6 cm³/mol. The summed E-state index contributed by atoms with van der Waals surface area (Å²) in [5.74, 6) is 0. The van der Waals surface area contributed by atoms with E-state index >= 15 is 0 Å². The van der Waals surface area contributed by atoms with E-state index in [0.29, 0.717) is 0 Å². The smallest absolute Gasteiger partial charge is 0.156 e. The fourth-order valence-corrected chi connectivity index (χ4v) is 0.481. The first-order chi connectivity index (χ1) is 4.34. The van der Waals surface area contributed by atoms with Crippen molar-refractivity contribution in [2.75, 3.05) is 7.05 Å². The Hall–Kier alpha value is -0.810. The largest absolute Gasteiger partial charge is 0.373 e. The number of rotatable bonds is 2. The van der Waals surface area contributed by atoms with Crippen molar-refractivity contribution in [3.63, 3.8) is 0 Å². The molecule has 0 spiro atoms. The van der Waals surface area contributed by atoms with Crippen LogP contribution in [-0.2, 0) is 4.84 Å². The number of thiocarbonyl (C=S) groups is 1. The summed E-state index contributed by atoms with van der Waals surface area (Å²) in [6, 6.07) is 0. The lowest BCUT2D eigenvalue weighted by molar-refractivity contribution is -0.217. The molecule has 0 aromatic carbocycles. The van der Waals surface area contributed by atoms with Crippen molar-refractivity contribution in [1.82, 2.24) is 15.7 Å². The molecule has 0 aromatic rings. The molecule has 0 bridgehead atoms. The Bertz CT molecular complexity index is 130. The van der Waals surface area contributed by atoms with Gasteiger partial charge in [0, 0.05) is 12.3 Å². The molecule has 0 aliphatic carbocycles. The van der Waals surface area contributed by atoms with Crippen molar-refractivity contribution >= 4 is 17.7 Å². The number of hydrazine groups is 2. The average molecular weight is 144 g/mol. The van der Waals surface area contributed by atoms with E-state index in [1.807, 2.05) is 0 Å². The van der Waals surface area contributed by atoms with Crippen LogP contribution in [0.2, 0.25) is 0 Å². The summed E-state index contributed by atoms with van der Waals surface area (Å²) in [6.07, 6.45) is 3.15. The fourth-order valence-electron chi connectivity index (χ4n) is 0.407. The van der Waals surface area contributed by atoms with Crippen molar-refractivity contribution in [3.05, 3.63) is 12.5 Å². The van der Waals surface area contributed by atoms with Crippen LogP contribution in [0.5, 0.6) is 0 Å². The lowest BCUT2D eigenvalue weighted by atomic mass is 11.0. The molecule has 0 saturated carbocycles. The minimum atomic E-state index is 1.34. The Morgan fingerprint density at radius 3 is 3.11 bits per heavy atom. The van der Waals surface area contributed by atoms with Gasteiger partial charge in [-0.15, -0.1) is 0 Å². The highest BCUT2D eigenvalue weighted by Crippen LogP contribution is 1.95. The van der Waals surface area contributed by atoms with Crippen LogP contribution in [-0.4, -0.2) is 22.8 Å². The molecule has 1 aliphatic rings. The van der Waals surface area contributed by atoms with Crippen LogP contribution in [0.3, 0.4) is 0 Å². The summed E-state index contributed by atoms with van der Waals surface area (Å²) in [6.45, 7) is 0. The SMILES string of the molecule is CN([C]=S)N1NC=CO1. The normalized spacial score (nSPS) is 16.6. The number of hydrogen-bond donors (Lipinski definition) is 1. The third kappa shape index (κ3) is 1.30. The lowest BCUT2D eigenvalue weighted by Gasteiger charge is -2.20. The van der Waals surface area contributed by atoms with Gasteiger partial charge in [-0.25, -0.2) is 5.01 Å². The maximum atomic E-state index is 4.84. The van der Waals surface area contributed by atoms with Gasteiger partial charge < -0.3 is 4.84 Å². The van der Waals surface area contributed by atoms with E-state index < -0.39 is 0 Å². The van der Waals surface area contributed by atoms with Crippen molar-refractivity contribution in [2.24, 2.45) is 0 Å². The van der Waals surface area contributed by atoms with Gasteiger partial charge in [0.2, 0.25) is 0 Å². The molecule has 0 aromatic heterocycles. The van der Waals surface area contributed by atoms with E-state index in [-0.39, 0.29) is 0 Å². The molecular weight excluding hydrogens is 138 g/mol. The first kappa shape index (κ1) is 6.31. The van der Waals surface area contributed by atoms with Gasteiger partial charge in [-0.2, -0.15) is 0 Å². The minimum Gasteiger partial charge on any atom is -0.373 e. The second kappa shape index (κ2) is 2.65. The molecule has 0 unspecified atom stereocenters. The minimum absolute atomic E-state index is 1.34. The predicted octanol–water partition coefficient (Wildman–Crippen LogP) is -0.110. The van der Waals surface area contributed by atoms with Crippen LogP contribution < -0.4 is 5.43 Å². The zero-order valence-corrected chi connectivity index (χ0v) is 5.68. The van der Waals surface area contributed by atoms with Gasteiger partial charge in [-0.05, 0) is 0 Å². The first-order valence-electron chi connectivity index (χ1n) is 2.34. The summed E-state index contributed by atoms with van der Waals surface area (Å²) >= 11 is 4.50. The molecular formula is C4H6N3OS. The number of hydrogen-bond acceptors (Lipinski definition) is 4. The Kier molecular flexibility index (Phi) is 1.86. The molecule has 9 heavy (non-hydrogen) atoms. The van der Waals surface area contributed by atoms with Crippen molar-refractivity contribution in [2.45, 2.75) is 0 Å². The first-order valence-corrected chi connectivity index (χ1v) is 2.75. The zero-order valence-electron chi connectivity index (χ0n) is 4.87. The van der Waals surface area contributed by atoms with Crippen LogP contribution in [0.25, 0.3) is 0 Å².